The Morgan fingerprint density at radius 1 is 1.53 bits per heavy atom. The average Bonchev–Trinajstić information content (AvgIpc) is 2.78. The van der Waals surface area contributed by atoms with Crippen LogP contribution in [-0.4, -0.2) is 9.91 Å². The quantitative estimate of drug-likeness (QED) is 0.679. The molecule has 0 saturated carbocycles. The Labute approximate surface area is 119 Å². The maximum Gasteiger partial charge on any atom is 0.271 e. The lowest BCUT2D eigenvalue weighted by Crippen LogP contribution is -2.07. The summed E-state index contributed by atoms with van der Waals surface area (Å²) in [5.74, 6) is 0. The number of rotatable bonds is 4. The number of hydrogen-bond acceptors (Lipinski definition) is 5. The first-order chi connectivity index (χ1) is 8.97. The molecule has 2 aromatic rings. The molecule has 7 heteroatoms. The van der Waals surface area contributed by atoms with Crippen LogP contribution in [0.15, 0.2) is 23.6 Å². The summed E-state index contributed by atoms with van der Waals surface area (Å²) in [5, 5.41) is 17.1. The van der Waals surface area contributed by atoms with Gasteiger partial charge in [0.15, 0.2) is 0 Å². The second-order valence-electron chi connectivity index (χ2n) is 4.08. The lowest BCUT2D eigenvalue weighted by Gasteiger charge is -2.14. The van der Waals surface area contributed by atoms with Crippen molar-refractivity contribution < 1.29 is 4.92 Å². The highest BCUT2D eigenvalue weighted by Gasteiger charge is 2.13. The van der Waals surface area contributed by atoms with Crippen molar-refractivity contribution in [1.82, 2.24) is 4.98 Å². The summed E-state index contributed by atoms with van der Waals surface area (Å²) in [6.07, 6.45) is 0. The number of nitro groups is 1. The number of non-ortho nitro benzene ring substituents is 1. The van der Waals surface area contributed by atoms with Crippen molar-refractivity contribution in [3.05, 3.63) is 49.4 Å². The highest BCUT2D eigenvalue weighted by atomic mass is 35.5. The third kappa shape index (κ3) is 3.21. The molecule has 0 spiro atoms. The Hall–Kier alpha value is -1.66. The number of nitro benzene ring substituents is 1. The number of benzene rings is 1. The molecule has 1 N–H and O–H groups in total. The molecule has 0 saturated heterocycles. The van der Waals surface area contributed by atoms with Crippen LogP contribution in [0.5, 0.6) is 0 Å². The van der Waals surface area contributed by atoms with Gasteiger partial charge in [-0.15, -0.1) is 11.3 Å². The molecule has 19 heavy (non-hydrogen) atoms. The van der Waals surface area contributed by atoms with Gasteiger partial charge in [0.05, 0.1) is 32.4 Å². The number of anilines is 1. The van der Waals surface area contributed by atoms with Crippen LogP contribution in [0.3, 0.4) is 0 Å². The van der Waals surface area contributed by atoms with Crippen LogP contribution in [0.2, 0.25) is 5.02 Å². The Morgan fingerprint density at radius 3 is 2.79 bits per heavy atom. The predicted octanol–water partition coefficient (Wildman–Crippen LogP) is 4.19. The van der Waals surface area contributed by atoms with E-state index in [0.29, 0.717) is 10.7 Å². The smallest absolute Gasteiger partial charge is 0.271 e. The number of hydrogen-bond donors (Lipinski definition) is 1. The number of halogens is 1. The fraction of sp³-hybridized carbons (Fsp3) is 0.250. The molecule has 0 aliphatic rings. The lowest BCUT2D eigenvalue weighted by molar-refractivity contribution is -0.384. The molecule has 1 aromatic carbocycles. The SMILES string of the molecule is Cc1nc(C(C)Nc2ccc([N+](=O)[O-])cc2Cl)cs1. The molecule has 1 heterocycles. The van der Waals surface area contributed by atoms with Gasteiger partial charge in [0.1, 0.15) is 0 Å². The minimum absolute atomic E-state index is 0.0103. The van der Waals surface area contributed by atoms with E-state index in [9.17, 15) is 10.1 Å². The van der Waals surface area contributed by atoms with E-state index in [0.717, 1.165) is 10.7 Å². The fourth-order valence-corrected chi connectivity index (χ4v) is 2.56. The van der Waals surface area contributed by atoms with Crippen LogP contribution >= 0.6 is 22.9 Å². The molecular formula is C12H12ClN3O2S. The maximum absolute atomic E-state index is 10.6. The van der Waals surface area contributed by atoms with Crippen molar-refractivity contribution in [1.29, 1.82) is 0 Å². The van der Waals surface area contributed by atoms with E-state index in [1.807, 2.05) is 19.2 Å². The second-order valence-corrected chi connectivity index (χ2v) is 5.55. The van der Waals surface area contributed by atoms with Crippen molar-refractivity contribution >= 4 is 34.3 Å². The van der Waals surface area contributed by atoms with Crippen LogP contribution < -0.4 is 5.32 Å². The van der Waals surface area contributed by atoms with Gasteiger partial charge in [-0.25, -0.2) is 4.98 Å². The second kappa shape index (κ2) is 5.54. The van der Waals surface area contributed by atoms with Gasteiger partial charge < -0.3 is 5.32 Å². The van der Waals surface area contributed by atoms with E-state index >= 15 is 0 Å². The largest absolute Gasteiger partial charge is 0.376 e. The van der Waals surface area contributed by atoms with E-state index in [2.05, 4.69) is 10.3 Å². The molecule has 0 bridgehead atoms. The molecule has 1 aromatic heterocycles. The van der Waals surface area contributed by atoms with Gasteiger partial charge in [-0.3, -0.25) is 10.1 Å². The summed E-state index contributed by atoms with van der Waals surface area (Å²) >= 11 is 7.61. The minimum Gasteiger partial charge on any atom is -0.376 e. The zero-order valence-corrected chi connectivity index (χ0v) is 12.0. The number of nitrogens with one attached hydrogen (secondary N) is 1. The Balaban J connectivity index is 2.17. The van der Waals surface area contributed by atoms with Crippen LogP contribution in [0.4, 0.5) is 11.4 Å². The Morgan fingerprint density at radius 2 is 2.26 bits per heavy atom. The molecule has 1 unspecified atom stereocenters. The third-order valence-corrected chi connectivity index (χ3v) is 3.72. The Bertz CT molecular complexity index is 615. The molecule has 100 valence electrons. The fourth-order valence-electron chi connectivity index (χ4n) is 1.62. The number of aromatic nitrogens is 1. The highest BCUT2D eigenvalue weighted by molar-refractivity contribution is 7.09. The third-order valence-electron chi connectivity index (χ3n) is 2.62. The molecule has 0 amide bonds. The first-order valence-corrected chi connectivity index (χ1v) is 6.85. The monoisotopic (exact) mass is 297 g/mol. The van der Waals surface area contributed by atoms with E-state index < -0.39 is 4.92 Å². The highest BCUT2D eigenvalue weighted by Crippen LogP contribution is 2.29. The van der Waals surface area contributed by atoms with Crippen LogP contribution in [0, 0.1) is 17.0 Å². The first-order valence-electron chi connectivity index (χ1n) is 5.60. The molecule has 2 rings (SSSR count). The molecule has 0 aliphatic carbocycles. The van der Waals surface area contributed by atoms with E-state index in [1.54, 1.807) is 17.4 Å². The van der Waals surface area contributed by atoms with Gasteiger partial charge in [-0.2, -0.15) is 0 Å². The minimum atomic E-state index is -0.469. The van der Waals surface area contributed by atoms with Crippen molar-refractivity contribution in [2.45, 2.75) is 19.9 Å². The van der Waals surface area contributed by atoms with Gasteiger partial charge in [-0.1, -0.05) is 11.6 Å². The summed E-state index contributed by atoms with van der Waals surface area (Å²) in [7, 11) is 0. The van der Waals surface area contributed by atoms with Crippen LogP contribution in [0.25, 0.3) is 0 Å². The van der Waals surface area contributed by atoms with E-state index in [-0.39, 0.29) is 11.7 Å². The maximum atomic E-state index is 10.6. The predicted molar refractivity (Wildman–Crippen MR) is 77.0 cm³/mol. The topological polar surface area (TPSA) is 68.1 Å². The summed E-state index contributed by atoms with van der Waals surface area (Å²) in [4.78, 5) is 14.5. The molecule has 0 radical (unpaired) electrons. The average molecular weight is 298 g/mol. The zero-order valence-electron chi connectivity index (χ0n) is 10.4. The van der Waals surface area contributed by atoms with Gasteiger partial charge in [0.2, 0.25) is 0 Å². The van der Waals surface area contributed by atoms with Gasteiger partial charge in [0, 0.05) is 17.5 Å². The number of nitrogens with zero attached hydrogens (tertiary/aromatic N) is 2. The number of aryl methyl sites for hydroxylation is 1. The van der Waals surface area contributed by atoms with Crippen LogP contribution in [0.1, 0.15) is 23.7 Å². The van der Waals surface area contributed by atoms with Crippen molar-refractivity contribution in [2.75, 3.05) is 5.32 Å². The summed E-state index contributed by atoms with van der Waals surface area (Å²) in [5.41, 5.74) is 1.56. The molecule has 0 aliphatic heterocycles. The lowest BCUT2D eigenvalue weighted by atomic mass is 10.2. The number of thiazole rings is 1. The summed E-state index contributed by atoms with van der Waals surface area (Å²) < 4.78 is 0. The standard InChI is InChI=1S/C12H12ClN3O2S/c1-7(12-6-19-8(2)15-12)14-11-4-3-9(16(17)18)5-10(11)13/h3-7,14H,1-2H3. The zero-order chi connectivity index (χ0) is 14.0. The van der Waals surface area contributed by atoms with Crippen molar-refractivity contribution in [3.8, 4) is 0 Å². The van der Waals surface area contributed by atoms with E-state index in [4.69, 9.17) is 11.6 Å². The van der Waals surface area contributed by atoms with Crippen molar-refractivity contribution in [2.24, 2.45) is 0 Å². The summed E-state index contributed by atoms with van der Waals surface area (Å²) in [6.45, 7) is 3.91. The Kier molecular flexibility index (Phi) is 4.01. The molecular weight excluding hydrogens is 286 g/mol. The van der Waals surface area contributed by atoms with E-state index in [1.165, 1.54) is 12.1 Å². The van der Waals surface area contributed by atoms with Crippen molar-refractivity contribution in [3.63, 3.8) is 0 Å². The molecule has 1 atom stereocenters. The van der Waals surface area contributed by atoms with Gasteiger partial charge in [-0.05, 0) is 19.9 Å². The first kappa shape index (κ1) is 13.8. The molecule has 0 fully saturated rings. The normalized spacial score (nSPS) is 12.2. The van der Waals surface area contributed by atoms with Gasteiger partial charge >= 0.3 is 0 Å². The summed E-state index contributed by atoms with van der Waals surface area (Å²) in [6, 6.07) is 4.36. The van der Waals surface area contributed by atoms with Gasteiger partial charge in [0.25, 0.3) is 5.69 Å². The molecule has 5 nitrogen and oxygen atoms in total. The van der Waals surface area contributed by atoms with Crippen LogP contribution in [-0.2, 0) is 0 Å².